The topological polar surface area (TPSA) is 18.5 Å². The fraction of sp³-hybridized carbons (Fsp3) is 0.636. The van der Waals surface area contributed by atoms with Crippen molar-refractivity contribution in [3.05, 3.63) is 59.7 Å². The van der Waals surface area contributed by atoms with Crippen LogP contribution in [-0.4, -0.2) is 13.2 Å². The summed E-state index contributed by atoms with van der Waals surface area (Å²) in [6.45, 7) is 6.15. The van der Waals surface area contributed by atoms with Gasteiger partial charge in [0, 0.05) is 11.1 Å². The van der Waals surface area contributed by atoms with Crippen LogP contribution in [0.2, 0.25) is 0 Å². The van der Waals surface area contributed by atoms with Gasteiger partial charge in [-0.3, -0.25) is 0 Å². The van der Waals surface area contributed by atoms with Gasteiger partial charge >= 0.3 is 0 Å². The summed E-state index contributed by atoms with van der Waals surface area (Å²) in [7, 11) is 0. The molecule has 0 bridgehead atoms. The van der Waals surface area contributed by atoms with Crippen molar-refractivity contribution in [1.82, 2.24) is 0 Å². The molecule has 2 rings (SSSR count). The van der Waals surface area contributed by atoms with Crippen molar-refractivity contribution < 1.29 is 9.47 Å². The highest BCUT2D eigenvalue weighted by atomic mass is 16.5. The molecule has 2 aromatic rings. The van der Waals surface area contributed by atoms with E-state index < -0.39 is 0 Å². The summed E-state index contributed by atoms with van der Waals surface area (Å²) in [4.78, 5) is 0. The van der Waals surface area contributed by atoms with Crippen LogP contribution in [0.1, 0.15) is 179 Å². The van der Waals surface area contributed by atoms with Crippen molar-refractivity contribution in [3.8, 4) is 35.2 Å². The largest absolute Gasteiger partial charge is 0.494 e. The minimum absolute atomic E-state index is 0.789. The molecule has 254 valence electrons. The highest BCUT2D eigenvalue weighted by Crippen LogP contribution is 2.16. The molecule has 0 N–H and O–H groups in total. The minimum atomic E-state index is 0.789. The van der Waals surface area contributed by atoms with E-state index >= 15 is 0 Å². The molecule has 0 heterocycles. The maximum atomic E-state index is 5.93. The Morgan fingerprint density at radius 2 is 0.609 bits per heavy atom. The molecule has 0 saturated heterocycles. The summed E-state index contributed by atoms with van der Waals surface area (Å²) in [5, 5.41) is 0. The Morgan fingerprint density at radius 3 is 0.891 bits per heavy atom. The Kier molecular flexibility index (Phi) is 25.3. The van der Waals surface area contributed by atoms with Crippen molar-refractivity contribution in [2.75, 3.05) is 13.2 Å². The smallest absolute Gasteiger partial charge is 0.119 e. The van der Waals surface area contributed by atoms with Crippen LogP contribution in [0, 0.1) is 23.7 Å². The van der Waals surface area contributed by atoms with Crippen LogP contribution in [0.15, 0.2) is 48.5 Å². The molecule has 0 aromatic heterocycles. The van der Waals surface area contributed by atoms with Crippen molar-refractivity contribution in [2.24, 2.45) is 0 Å². The summed E-state index contributed by atoms with van der Waals surface area (Å²) in [5.74, 6) is 14.1. The lowest BCUT2D eigenvalue weighted by Gasteiger charge is -2.06. The average molecular weight is 627 g/mol. The molecular weight excluding hydrogens is 560 g/mol. The van der Waals surface area contributed by atoms with E-state index in [2.05, 4.69) is 37.5 Å². The SMILES string of the molecule is CCCCCCCCCCCCCCOc1ccc(C#CC#Cc2ccc(OCCCCCCCCCCCCCC)cc2)cc1. The molecule has 0 amide bonds. The summed E-state index contributed by atoms with van der Waals surface area (Å²) in [5.41, 5.74) is 1.90. The van der Waals surface area contributed by atoms with Gasteiger partial charge in [-0.2, -0.15) is 0 Å². The van der Waals surface area contributed by atoms with Crippen LogP contribution >= 0.6 is 0 Å². The van der Waals surface area contributed by atoms with E-state index in [-0.39, 0.29) is 0 Å². The molecule has 0 fully saturated rings. The Balaban J connectivity index is 1.48. The van der Waals surface area contributed by atoms with Crippen molar-refractivity contribution in [1.29, 1.82) is 0 Å². The van der Waals surface area contributed by atoms with E-state index in [1.807, 2.05) is 48.5 Å². The van der Waals surface area contributed by atoms with Gasteiger partial charge in [-0.15, -0.1) is 0 Å². The Labute approximate surface area is 284 Å². The lowest BCUT2D eigenvalue weighted by Crippen LogP contribution is -1.97. The van der Waals surface area contributed by atoms with E-state index in [0.29, 0.717) is 0 Å². The van der Waals surface area contributed by atoms with E-state index in [0.717, 1.165) is 48.7 Å². The van der Waals surface area contributed by atoms with Crippen molar-refractivity contribution >= 4 is 0 Å². The molecule has 0 aliphatic rings. The second-order valence-electron chi connectivity index (χ2n) is 13.0. The second kappa shape index (κ2) is 29.6. The quantitative estimate of drug-likeness (QED) is 0.0691. The number of ether oxygens (including phenoxy) is 2. The van der Waals surface area contributed by atoms with Gasteiger partial charge in [0.25, 0.3) is 0 Å². The van der Waals surface area contributed by atoms with Gasteiger partial charge < -0.3 is 9.47 Å². The van der Waals surface area contributed by atoms with E-state index in [4.69, 9.17) is 9.47 Å². The molecule has 0 spiro atoms. The van der Waals surface area contributed by atoms with Gasteiger partial charge in [-0.1, -0.05) is 167 Å². The Morgan fingerprint density at radius 1 is 0.348 bits per heavy atom. The number of benzene rings is 2. The van der Waals surface area contributed by atoms with Crippen molar-refractivity contribution in [2.45, 2.75) is 168 Å². The second-order valence-corrected chi connectivity index (χ2v) is 13.0. The fourth-order valence-electron chi connectivity index (χ4n) is 5.74. The third-order valence-corrected chi connectivity index (χ3v) is 8.72. The lowest BCUT2D eigenvalue weighted by atomic mass is 10.1. The Bertz CT molecular complexity index is 988. The van der Waals surface area contributed by atoms with E-state index in [9.17, 15) is 0 Å². The maximum Gasteiger partial charge on any atom is 0.119 e. The summed E-state index contributed by atoms with van der Waals surface area (Å²) >= 11 is 0. The molecule has 0 saturated carbocycles. The molecule has 2 nitrogen and oxygen atoms in total. The first-order chi connectivity index (χ1) is 22.8. The van der Waals surface area contributed by atoms with Crippen LogP contribution in [-0.2, 0) is 0 Å². The molecule has 2 aromatic carbocycles. The molecule has 0 unspecified atom stereocenters. The zero-order valence-corrected chi connectivity index (χ0v) is 29.8. The molecule has 0 aliphatic heterocycles. The highest BCUT2D eigenvalue weighted by Gasteiger charge is 1.98. The molecule has 2 heteroatoms. The maximum absolute atomic E-state index is 5.93. The van der Waals surface area contributed by atoms with Crippen LogP contribution < -0.4 is 9.47 Å². The van der Waals surface area contributed by atoms with Crippen LogP contribution in [0.3, 0.4) is 0 Å². The number of hydrogen-bond donors (Lipinski definition) is 0. The zero-order chi connectivity index (χ0) is 32.6. The first kappa shape index (κ1) is 39.3. The van der Waals surface area contributed by atoms with Crippen molar-refractivity contribution in [3.63, 3.8) is 0 Å². The predicted octanol–water partition coefficient (Wildman–Crippen LogP) is 13.2. The fourth-order valence-corrected chi connectivity index (χ4v) is 5.74. The molecule has 0 atom stereocenters. The van der Waals surface area contributed by atoms with Gasteiger partial charge in [0.1, 0.15) is 11.5 Å². The first-order valence-corrected chi connectivity index (χ1v) is 19.3. The van der Waals surface area contributed by atoms with Gasteiger partial charge in [-0.25, -0.2) is 0 Å². The molecular formula is C44H66O2. The third kappa shape index (κ3) is 22.6. The summed E-state index contributed by atoms with van der Waals surface area (Å²) in [6, 6.07) is 16.1. The van der Waals surface area contributed by atoms with Crippen LogP contribution in [0.25, 0.3) is 0 Å². The number of unbranched alkanes of at least 4 members (excludes halogenated alkanes) is 22. The average Bonchev–Trinajstić information content (AvgIpc) is 3.08. The first-order valence-electron chi connectivity index (χ1n) is 19.3. The third-order valence-electron chi connectivity index (χ3n) is 8.72. The monoisotopic (exact) mass is 627 g/mol. The predicted molar refractivity (Wildman–Crippen MR) is 200 cm³/mol. The van der Waals surface area contributed by atoms with Gasteiger partial charge in [0.05, 0.1) is 13.2 Å². The summed E-state index contributed by atoms with van der Waals surface area (Å²) in [6.07, 6.45) is 32.6. The van der Waals surface area contributed by atoms with E-state index in [1.165, 1.54) is 141 Å². The number of hydrogen-bond acceptors (Lipinski definition) is 2. The standard InChI is InChI=1S/C44H66O2/c1-3-5-7-9-11-13-15-17-19-21-23-27-39-45-43-35-31-41(32-36-43)29-25-26-30-42-33-37-44(38-34-42)46-40-28-24-22-20-18-16-14-12-10-8-6-4-2/h31-38H,3-24,27-28,39-40H2,1-2H3. The summed E-state index contributed by atoms with van der Waals surface area (Å²) < 4.78 is 11.9. The molecule has 0 radical (unpaired) electrons. The zero-order valence-electron chi connectivity index (χ0n) is 29.8. The lowest BCUT2D eigenvalue weighted by molar-refractivity contribution is 0.304. The van der Waals surface area contributed by atoms with Gasteiger partial charge in [0.15, 0.2) is 0 Å². The van der Waals surface area contributed by atoms with Gasteiger partial charge in [0.2, 0.25) is 0 Å². The highest BCUT2D eigenvalue weighted by molar-refractivity contribution is 5.46. The van der Waals surface area contributed by atoms with Gasteiger partial charge in [-0.05, 0) is 73.2 Å². The molecule has 0 aliphatic carbocycles. The van der Waals surface area contributed by atoms with Crippen LogP contribution in [0.4, 0.5) is 0 Å². The minimum Gasteiger partial charge on any atom is -0.494 e. The normalized spacial score (nSPS) is 10.6. The molecule has 46 heavy (non-hydrogen) atoms. The Hall–Kier alpha value is -2.84. The number of rotatable bonds is 28. The van der Waals surface area contributed by atoms with Crippen LogP contribution in [0.5, 0.6) is 11.5 Å². The van der Waals surface area contributed by atoms with E-state index in [1.54, 1.807) is 0 Å².